The summed E-state index contributed by atoms with van der Waals surface area (Å²) in [6, 6.07) is 7.58. The molecule has 0 spiro atoms. The number of rotatable bonds is 3. The molecule has 5 nitrogen and oxygen atoms in total. The smallest absolute Gasteiger partial charge is 0.417 e. The summed E-state index contributed by atoms with van der Waals surface area (Å²) in [5, 5.41) is 17.6. The third kappa shape index (κ3) is 3.29. The Kier molecular flexibility index (Phi) is 4.35. The quantitative estimate of drug-likeness (QED) is 0.930. The minimum atomic E-state index is -4.60. The van der Waals surface area contributed by atoms with Gasteiger partial charge in [0.05, 0.1) is 6.54 Å². The number of benzene rings is 1. The monoisotopic (exact) mass is 341 g/mol. The van der Waals surface area contributed by atoms with Gasteiger partial charge < -0.3 is 9.52 Å². The lowest BCUT2D eigenvalue weighted by atomic mass is 9.91. The van der Waals surface area contributed by atoms with Crippen LogP contribution in [-0.2, 0) is 6.54 Å². The molecule has 0 bridgehead atoms. The number of halogens is 3. The second kappa shape index (κ2) is 6.18. The van der Waals surface area contributed by atoms with E-state index in [0.29, 0.717) is 11.8 Å². The van der Waals surface area contributed by atoms with Crippen molar-refractivity contribution in [2.24, 2.45) is 0 Å². The van der Waals surface area contributed by atoms with Crippen molar-refractivity contribution in [1.29, 1.82) is 0 Å². The van der Waals surface area contributed by atoms with Gasteiger partial charge in [0.2, 0.25) is 11.8 Å². The molecular weight excluding hydrogens is 323 g/mol. The summed E-state index contributed by atoms with van der Waals surface area (Å²) in [7, 11) is 0. The van der Waals surface area contributed by atoms with Crippen molar-refractivity contribution in [3.05, 3.63) is 35.7 Å². The molecular formula is C16H18F3N3O2. The van der Waals surface area contributed by atoms with Crippen molar-refractivity contribution in [3.63, 3.8) is 0 Å². The molecule has 8 heteroatoms. The van der Waals surface area contributed by atoms with Crippen LogP contribution in [0.1, 0.15) is 24.3 Å². The molecule has 1 saturated heterocycles. The summed E-state index contributed by atoms with van der Waals surface area (Å²) in [4.78, 5) is 1.77. The Morgan fingerprint density at radius 3 is 2.50 bits per heavy atom. The van der Waals surface area contributed by atoms with Gasteiger partial charge in [0.1, 0.15) is 0 Å². The number of nitrogens with zero attached hydrogens (tertiary/aromatic N) is 3. The molecule has 1 N–H and O–H groups in total. The Hall–Kier alpha value is -1.93. The van der Waals surface area contributed by atoms with Gasteiger partial charge >= 0.3 is 6.18 Å². The minimum Gasteiger partial charge on any atom is -0.419 e. The van der Waals surface area contributed by atoms with Gasteiger partial charge in [-0.2, -0.15) is 13.2 Å². The van der Waals surface area contributed by atoms with Gasteiger partial charge in [0.15, 0.2) is 5.60 Å². The summed E-state index contributed by atoms with van der Waals surface area (Å²) < 4.78 is 44.0. The highest BCUT2D eigenvalue weighted by Crippen LogP contribution is 2.38. The molecule has 0 saturated carbocycles. The van der Waals surface area contributed by atoms with Crippen LogP contribution < -0.4 is 0 Å². The SMILES string of the molecule is Cc1ccccc1-c1nnc(CN2CCC(O)(C(F)(F)F)CC2)o1. The van der Waals surface area contributed by atoms with E-state index in [1.807, 2.05) is 31.2 Å². The zero-order valence-corrected chi connectivity index (χ0v) is 13.2. The number of hydrogen-bond donors (Lipinski definition) is 1. The maximum Gasteiger partial charge on any atom is 0.417 e. The maximum atomic E-state index is 12.8. The second-order valence-electron chi connectivity index (χ2n) is 6.12. The highest BCUT2D eigenvalue weighted by Gasteiger charge is 2.54. The fraction of sp³-hybridized carbons (Fsp3) is 0.500. The zero-order valence-electron chi connectivity index (χ0n) is 13.2. The average molecular weight is 341 g/mol. The van der Waals surface area contributed by atoms with Crippen molar-refractivity contribution in [2.75, 3.05) is 13.1 Å². The Labute approximate surface area is 137 Å². The molecule has 0 aliphatic carbocycles. The van der Waals surface area contributed by atoms with E-state index in [9.17, 15) is 18.3 Å². The van der Waals surface area contributed by atoms with Gasteiger partial charge in [-0.15, -0.1) is 10.2 Å². The van der Waals surface area contributed by atoms with Crippen molar-refractivity contribution >= 4 is 0 Å². The Bertz CT molecular complexity index is 707. The Balaban J connectivity index is 1.64. The molecule has 1 aromatic carbocycles. The fourth-order valence-electron chi connectivity index (χ4n) is 2.80. The molecule has 2 heterocycles. The van der Waals surface area contributed by atoms with E-state index in [-0.39, 0.29) is 32.5 Å². The van der Waals surface area contributed by atoms with E-state index in [1.54, 1.807) is 4.90 Å². The molecule has 0 radical (unpaired) electrons. The van der Waals surface area contributed by atoms with Crippen LogP contribution in [-0.4, -0.2) is 45.1 Å². The van der Waals surface area contributed by atoms with Crippen molar-refractivity contribution in [1.82, 2.24) is 15.1 Å². The van der Waals surface area contributed by atoms with Crippen LogP contribution in [0.25, 0.3) is 11.5 Å². The topological polar surface area (TPSA) is 62.4 Å². The molecule has 1 aromatic heterocycles. The van der Waals surface area contributed by atoms with E-state index in [4.69, 9.17) is 4.42 Å². The number of piperidine rings is 1. The third-order valence-electron chi connectivity index (χ3n) is 4.41. The van der Waals surface area contributed by atoms with Crippen LogP contribution in [0.15, 0.2) is 28.7 Å². The molecule has 0 atom stereocenters. The second-order valence-corrected chi connectivity index (χ2v) is 6.12. The van der Waals surface area contributed by atoms with E-state index >= 15 is 0 Å². The van der Waals surface area contributed by atoms with Crippen LogP contribution >= 0.6 is 0 Å². The third-order valence-corrected chi connectivity index (χ3v) is 4.41. The molecule has 1 aliphatic rings. The largest absolute Gasteiger partial charge is 0.419 e. The van der Waals surface area contributed by atoms with Crippen molar-refractivity contribution in [2.45, 2.75) is 38.1 Å². The Morgan fingerprint density at radius 2 is 1.88 bits per heavy atom. The maximum absolute atomic E-state index is 12.8. The number of aryl methyl sites for hydroxylation is 1. The molecule has 2 aromatic rings. The number of aromatic nitrogens is 2. The lowest BCUT2D eigenvalue weighted by molar-refractivity contribution is -0.273. The zero-order chi connectivity index (χ0) is 17.4. The molecule has 24 heavy (non-hydrogen) atoms. The minimum absolute atomic E-state index is 0.123. The highest BCUT2D eigenvalue weighted by molar-refractivity contribution is 5.57. The van der Waals surface area contributed by atoms with Crippen LogP contribution in [0, 0.1) is 6.92 Å². The van der Waals surface area contributed by atoms with E-state index < -0.39 is 11.8 Å². The van der Waals surface area contributed by atoms with Crippen LogP contribution in [0.5, 0.6) is 0 Å². The van der Waals surface area contributed by atoms with E-state index in [1.165, 1.54) is 0 Å². The predicted octanol–water partition coefficient (Wildman–Crippen LogP) is 2.93. The molecule has 0 unspecified atom stereocenters. The molecule has 1 fully saturated rings. The van der Waals surface area contributed by atoms with Crippen LogP contribution in [0.2, 0.25) is 0 Å². The van der Waals surface area contributed by atoms with Gasteiger partial charge in [-0.3, -0.25) is 4.90 Å². The average Bonchev–Trinajstić information content (AvgIpc) is 2.97. The summed E-state index contributed by atoms with van der Waals surface area (Å²) in [6.07, 6.45) is -5.30. The van der Waals surface area contributed by atoms with Crippen molar-refractivity contribution in [3.8, 4) is 11.5 Å². The standard InChI is InChI=1S/C16H18F3N3O2/c1-11-4-2-3-5-12(11)14-21-20-13(24-14)10-22-8-6-15(23,7-9-22)16(17,18)19/h2-5,23H,6-10H2,1H3. The van der Waals surface area contributed by atoms with E-state index in [2.05, 4.69) is 10.2 Å². The van der Waals surface area contributed by atoms with Gasteiger partial charge in [0.25, 0.3) is 0 Å². The molecule has 0 amide bonds. The van der Waals surface area contributed by atoms with Gasteiger partial charge in [-0.05, 0) is 31.4 Å². The fourth-order valence-corrected chi connectivity index (χ4v) is 2.80. The van der Waals surface area contributed by atoms with E-state index in [0.717, 1.165) is 11.1 Å². The summed E-state index contributed by atoms with van der Waals surface area (Å²) in [5.41, 5.74) is -0.757. The van der Waals surface area contributed by atoms with Crippen LogP contribution in [0.4, 0.5) is 13.2 Å². The molecule has 3 rings (SSSR count). The normalized spacial score (nSPS) is 18.7. The summed E-state index contributed by atoms with van der Waals surface area (Å²) in [5.74, 6) is 0.748. The number of alkyl halides is 3. The number of likely N-dealkylation sites (tertiary alicyclic amines) is 1. The number of aliphatic hydroxyl groups is 1. The lowest BCUT2D eigenvalue weighted by Gasteiger charge is -2.38. The Morgan fingerprint density at radius 1 is 1.21 bits per heavy atom. The summed E-state index contributed by atoms with van der Waals surface area (Å²) in [6.45, 7) is 2.45. The number of hydrogen-bond acceptors (Lipinski definition) is 5. The first-order valence-electron chi connectivity index (χ1n) is 7.68. The van der Waals surface area contributed by atoms with Crippen LogP contribution in [0.3, 0.4) is 0 Å². The first-order chi connectivity index (χ1) is 11.3. The first-order valence-corrected chi connectivity index (χ1v) is 7.68. The molecule has 130 valence electrons. The predicted molar refractivity (Wildman–Crippen MR) is 80.0 cm³/mol. The van der Waals surface area contributed by atoms with Crippen molar-refractivity contribution < 1.29 is 22.7 Å². The lowest BCUT2D eigenvalue weighted by Crippen LogP contribution is -2.53. The highest BCUT2D eigenvalue weighted by atomic mass is 19.4. The molecule has 1 aliphatic heterocycles. The van der Waals surface area contributed by atoms with Gasteiger partial charge in [-0.25, -0.2) is 0 Å². The van der Waals surface area contributed by atoms with Gasteiger partial charge in [0, 0.05) is 18.7 Å². The summed E-state index contributed by atoms with van der Waals surface area (Å²) >= 11 is 0. The first kappa shape index (κ1) is 16.9. The van der Waals surface area contributed by atoms with Gasteiger partial charge in [-0.1, -0.05) is 18.2 Å².